The van der Waals surface area contributed by atoms with Crippen molar-refractivity contribution in [3.63, 3.8) is 0 Å². The largest absolute Gasteiger partial charge is 0.337 e. The Balaban J connectivity index is 1.20. The number of aromatic nitrogens is 6. The molecule has 1 saturated heterocycles. The standard InChI is InChI=1S/C24H28N8OS/c1-15-8-9-18-19(14-15)34-23-20(18)22(33)25-21(26-23)16(2)30-10-12-31(13-11-30)24-27-28-29-32(24)17-6-4-3-5-7-17/h3-7,15-16H,8-14H2,1-2H3,(H,25,26,33). The summed E-state index contributed by atoms with van der Waals surface area (Å²) in [6, 6.07) is 9.97. The number of anilines is 1. The molecule has 2 atom stereocenters. The van der Waals surface area contributed by atoms with Crippen LogP contribution in [-0.4, -0.2) is 61.3 Å². The fourth-order valence-corrected chi connectivity index (χ4v) is 6.55. The molecule has 1 aliphatic carbocycles. The van der Waals surface area contributed by atoms with Gasteiger partial charge in [-0.15, -0.1) is 11.3 Å². The fourth-order valence-electron chi connectivity index (χ4n) is 5.16. The number of fused-ring (bicyclic) bond motifs is 3. The van der Waals surface area contributed by atoms with E-state index in [0.717, 1.165) is 73.1 Å². The number of tetrazole rings is 1. The van der Waals surface area contributed by atoms with Gasteiger partial charge in [-0.3, -0.25) is 9.69 Å². The van der Waals surface area contributed by atoms with E-state index in [0.29, 0.717) is 5.92 Å². The van der Waals surface area contributed by atoms with Crippen molar-refractivity contribution in [2.75, 3.05) is 31.1 Å². The Labute approximate surface area is 201 Å². The zero-order valence-corrected chi connectivity index (χ0v) is 20.3. The number of nitrogens with zero attached hydrogens (tertiary/aromatic N) is 7. The monoisotopic (exact) mass is 476 g/mol. The van der Waals surface area contributed by atoms with Gasteiger partial charge < -0.3 is 9.88 Å². The van der Waals surface area contributed by atoms with Gasteiger partial charge in [-0.2, -0.15) is 4.68 Å². The summed E-state index contributed by atoms with van der Waals surface area (Å²) < 4.78 is 1.78. The molecule has 0 radical (unpaired) electrons. The number of hydrogen-bond acceptors (Lipinski definition) is 8. The summed E-state index contributed by atoms with van der Waals surface area (Å²) in [4.78, 5) is 27.9. The highest BCUT2D eigenvalue weighted by molar-refractivity contribution is 7.18. The topological polar surface area (TPSA) is 95.8 Å². The van der Waals surface area contributed by atoms with E-state index in [4.69, 9.17) is 4.98 Å². The molecule has 2 unspecified atom stereocenters. The van der Waals surface area contributed by atoms with Crippen LogP contribution >= 0.6 is 11.3 Å². The van der Waals surface area contributed by atoms with Gasteiger partial charge in [0, 0.05) is 31.1 Å². The van der Waals surface area contributed by atoms with Gasteiger partial charge in [0.1, 0.15) is 10.7 Å². The SMILES string of the molecule is CC1CCc2c(sc3nc(C(C)N4CCN(c5nnnn5-c5ccccc5)CC4)[nH]c(=O)c23)C1. The zero-order valence-electron chi connectivity index (χ0n) is 19.4. The first-order valence-corrected chi connectivity index (χ1v) is 12.8. The fraction of sp³-hybridized carbons (Fsp3) is 0.458. The highest BCUT2D eigenvalue weighted by Gasteiger charge is 2.28. The lowest BCUT2D eigenvalue weighted by Gasteiger charge is -2.37. The average molecular weight is 477 g/mol. The van der Waals surface area contributed by atoms with Crippen LogP contribution in [0.5, 0.6) is 0 Å². The lowest BCUT2D eigenvalue weighted by Crippen LogP contribution is -2.48. The van der Waals surface area contributed by atoms with E-state index in [1.54, 1.807) is 16.0 Å². The molecular formula is C24H28N8OS. The smallest absolute Gasteiger partial charge is 0.259 e. The first-order chi connectivity index (χ1) is 16.6. The number of thiophene rings is 1. The van der Waals surface area contributed by atoms with Gasteiger partial charge in [-0.25, -0.2) is 4.98 Å². The van der Waals surface area contributed by atoms with Crippen LogP contribution in [0.1, 0.15) is 42.6 Å². The third-order valence-electron chi connectivity index (χ3n) is 7.18. The minimum Gasteiger partial charge on any atom is -0.337 e. The number of aromatic amines is 1. The zero-order chi connectivity index (χ0) is 23.2. The Morgan fingerprint density at radius 1 is 1.15 bits per heavy atom. The van der Waals surface area contributed by atoms with Crippen LogP contribution < -0.4 is 10.5 Å². The summed E-state index contributed by atoms with van der Waals surface area (Å²) in [5.41, 5.74) is 2.19. The van der Waals surface area contributed by atoms with Crippen LogP contribution in [0.3, 0.4) is 0 Å². The molecule has 9 nitrogen and oxygen atoms in total. The molecule has 6 rings (SSSR count). The molecule has 0 amide bonds. The Morgan fingerprint density at radius 3 is 2.74 bits per heavy atom. The van der Waals surface area contributed by atoms with Gasteiger partial charge >= 0.3 is 0 Å². The summed E-state index contributed by atoms with van der Waals surface area (Å²) in [5, 5.41) is 13.2. The molecule has 10 heteroatoms. The van der Waals surface area contributed by atoms with Crippen molar-refractivity contribution in [1.29, 1.82) is 0 Å². The predicted molar refractivity (Wildman–Crippen MR) is 133 cm³/mol. The van der Waals surface area contributed by atoms with Crippen LogP contribution in [0.2, 0.25) is 0 Å². The molecule has 4 heterocycles. The van der Waals surface area contributed by atoms with Crippen molar-refractivity contribution in [3.05, 3.63) is 57.0 Å². The van der Waals surface area contributed by atoms with Gasteiger partial charge in [0.2, 0.25) is 5.95 Å². The molecule has 1 aliphatic heterocycles. The van der Waals surface area contributed by atoms with Crippen LogP contribution in [0.4, 0.5) is 5.95 Å². The van der Waals surface area contributed by atoms with Crippen molar-refractivity contribution in [3.8, 4) is 5.69 Å². The number of nitrogens with one attached hydrogen (secondary N) is 1. The highest BCUT2D eigenvalue weighted by atomic mass is 32.1. The van der Waals surface area contributed by atoms with Gasteiger partial charge in [0.05, 0.1) is 17.1 Å². The van der Waals surface area contributed by atoms with Crippen molar-refractivity contribution in [1.82, 2.24) is 35.1 Å². The van der Waals surface area contributed by atoms with E-state index >= 15 is 0 Å². The molecule has 0 spiro atoms. The molecule has 2 aliphatic rings. The number of piperazine rings is 1. The van der Waals surface area contributed by atoms with Gasteiger partial charge in [0.15, 0.2) is 0 Å². The number of aryl methyl sites for hydroxylation is 1. The molecule has 3 aromatic heterocycles. The average Bonchev–Trinajstić information content (AvgIpc) is 3.49. The molecular weight excluding hydrogens is 448 g/mol. The third kappa shape index (κ3) is 3.70. The van der Waals surface area contributed by atoms with E-state index in [-0.39, 0.29) is 11.6 Å². The second kappa shape index (κ2) is 8.59. The molecule has 34 heavy (non-hydrogen) atoms. The number of benzene rings is 1. The van der Waals surface area contributed by atoms with Crippen molar-refractivity contribution < 1.29 is 0 Å². The minimum atomic E-state index is 0.0135. The van der Waals surface area contributed by atoms with E-state index in [2.05, 4.69) is 44.2 Å². The number of hydrogen-bond donors (Lipinski definition) is 1. The molecule has 4 aromatic rings. The predicted octanol–water partition coefficient (Wildman–Crippen LogP) is 2.97. The first-order valence-electron chi connectivity index (χ1n) is 12.0. The quantitative estimate of drug-likeness (QED) is 0.484. The van der Waals surface area contributed by atoms with Crippen LogP contribution in [-0.2, 0) is 12.8 Å². The number of H-pyrrole nitrogens is 1. The third-order valence-corrected chi connectivity index (χ3v) is 8.33. The Kier molecular flexibility index (Phi) is 5.41. The highest BCUT2D eigenvalue weighted by Crippen LogP contribution is 2.36. The van der Waals surface area contributed by atoms with Crippen molar-refractivity contribution in [2.24, 2.45) is 5.92 Å². The lowest BCUT2D eigenvalue weighted by molar-refractivity contribution is 0.191. The molecule has 1 N–H and O–H groups in total. The molecule has 0 bridgehead atoms. The first kappa shape index (κ1) is 21.4. The Hall–Kier alpha value is -3.11. The summed E-state index contributed by atoms with van der Waals surface area (Å²) in [6.45, 7) is 7.69. The Bertz CT molecular complexity index is 1370. The van der Waals surface area contributed by atoms with Gasteiger partial charge in [-0.1, -0.05) is 30.2 Å². The van der Waals surface area contributed by atoms with Crippen LogP contribution in [0.25, 0.3) is 15.9 Å². The van der Waals surface area contributed by atoms with Gasteiger partial charge in [0.25, 0.3) is 5.56 Å². The minimum absolute atomic E-state index is 0.0135. The maximum atomic E-state index is 13.0. The van der Waals surface area contributed by atoms with Crippen molar-refractivity contribution in [2.45, 2.75) is 39.2 Å². The summed E-state index contributed by atoms with van der Waals surface area (Å²) in [7, 11) is 0. The van der Waals surface area contributed by atoms with Gasteiger partial charge in [-0.05, 0) is 60.2 Å². The summed E-state index contributed by atoms with van der Waals surface area (Å²) >= 11 is 1.71. The normalized spacial score (nSPS) is 19.9. The lowest BCUT2D eigenvalue weighted by atomic mass is 9.89. The summed E-state index contributed by atoms with van der Waals surface area (Å²) in [5.74, 6) is 2.19. The van der Waals surface area contributed by atoms with E-state index < -0.39 is 0 Å². The maximum Gasteiger partial charge on any atom is 0.259 e. The second-order valence-corrected chi connectivity index (χ2v) is 10.5. The van der Waals surface area contributed by atoms with Crippen molar-refractivity contribution >= 4 is 27.5 Å². The van der Waals surface area contributed by atoms with E-state index in [1.165, 1.54) is 10.4 Å². The number of rotatable bonds is 4. The second-order valence-electron chi connectivity index (χ2n) is 9.41. The maximum absolute atomic E-state index is 13.0. The number of para-hydroxylation sites is 1. The molecule has 176 valence electrons. The molecule has 1 fully saturated rings. The van der Waals surface area contributed by atoms with Crippen LogP contribution in [0, 0.1) is 5.92 Å². The van der Waals surface area contributed by atoms with E-state index in [1.807, 2.05) is 30.3 Å². The summed E-state index contributed by atoms with van der Waals surface area (Å²) in [6.07, 6.45) is 3.19. The molecule has 0 saturated carbocycles. The Morgan fingerprint density at radius 2 is 1.94 bits per heavy atom. The molecule has 1 aromatic carbocycles. The van der Waals surface area contributed by atoms with E-state index in [9.17, 15) is 4.79 Å². The van der Waals surface area contributed by atoms with Crippen LogP contribution in [0.15, 0.2) is 35.1 Å².